The number of primary amides is 1. The minimum absolute atomic E-state index is 0.316. The Morgan fingerprint density at radius 1 is 1.71 bits per heavy atom. The van der Waals surface area contributed by atoms with Crippen LogP contribution in [0.1, 0.15) is 13.3 Å². The summed E-state index contributed by atoms with van der Waals surface area (Å²) in [6.45, 7) is 3.37. The Morgan fingerprint density at radius 3 is 3.00 bits per heavy atom. The molecule has 0 fully saturated rings. The van der Waals surface area contributed by atoms with Gasteiger partial charge in [0.2, 0.25) is 5.91 Å². The van der Waals surface area contributed by atoms with Gasteiger partial charge < -0.3 is 15.6 Å². The summed E-state index contributed by atoms with van der Waals surface area (Å²) in [4.78, 5) is 15.0. The number of aromatic nitrogens is 2. The third-order valence-corrected chi connectivity index (χ3v) is 1.94. The van der Waals surface area contributed by atoms with Crippen molar-refractivity contribution in [1.29, 1.82) is 0 Å². The van der Waals surface area contributed by atoms with E-state index < -0.39 is 0 Å². The second kappa shape index (κ2) is 5.39. The van der Waals surface area contributed by atoms with E-state index in [-0.39, 0.29) is 11.9 Å². The quantitative estimate of drug-likeness (QED) is 0.658. The van der Waals surface area contributed by atoms with Crippen molar-refractivity contribution in [3.05, 3.63) is 18.7 Å². The zero-order chi connectivity index (χ0) is 10.4. The number of carbonyl (C=O) groups is 1. The standard InChI is InChI=1S/C9H16N4O/c1-2-3-12-8(9(10)14)6-13-5-4-11-7-13/h4-5,7-8,12H,2-3,6H2,1H3,(H2,10,14). The molecule has 14 heavy (non-hydrogen) atoms. The molecule has 0 bridgehead atoms. The first-order valence-corrected chi connectivity index (χ1v) is 4.72. The highest BCUT2D eigenvalue weighted by atomic mass is 16.1. The van der Waals surface area contributed by atoms with Gasteiger partial charge in [-0.3, -0.25) is 4.79 Å². The first-order valence-electron chi connectivity index (χ1n) is 4.72. The zero-order valence-corrected chi connectivity index (χ0v) is 8.31. The first kappa shape index (κ1) is 10.7. The van der Waals surface area contributed by atoms with Crippen molar-refractivity contribution in [2.45, 2.75) is 25.9 Å². The molecular formula is C9H16N4O. The molecule has 0 aliphatic rings. The molecule has 1 aromatic heterocycles. The van der Waals surface area contributed by atoms with Crippen LogP contribution in [0, 0.1) is 0 Å². The molecule has 1 heterocycles. The molecule has 1 atom stereocenters. The summed E-state index contributed by atoms with van der Waals surface area (Å²) < 4.78 is 1.83. The molecule has 5 nitrogen and oxygen atoms in total. The number of nitrogens with one attached hydrogen (secondary N) is 1. The van der Waals surface area contributed by atoms with Gasteiger partial charge in [-0.2, -0.15) is 0 Å². The number of carbonyl (C=O) groups excluding carboxylic acids is 1. The monoisotopic (exact) mass is 196 g/mol. The van der Waals surface area contributed by atoms with Gasteiger partial charge in [-0.15, -0.1) is 0 Å². The van der Waals surface area contributed by atoms with Crippen LogP contribution in [0.2, 0.25) is 0 Å². The maximum Gasteiger partial charge on any atom is 0.236 e. The largest absolute Gasteiger partial charge is 0.368 e. The van der Waals surface area contributed by atoms with Gasteiger partial charge in [-0.25, -0.2) is 4.98 Å². The average Bonchev–Trinajstić information content (AvgIpc) is 2.64. The topological polar surface area (TPSA) is 72.9 Å². The Hall–Kier alpha value is -1.36. The molecule has 0 spiro atoms. The fourth-order valence-electron chi connectivity index (χ4n) is 1.18. The Bertz CT molecular complexity index is 270. The molecule has 78 valence electrons. The number of nitrogens with zero attached hydrogens (tertiary/aromatic N) is 2. The van der Waals surface area contributed by atoms with Crippen LogP contribution in [-0.4, -0.2) is 28.0 Å². The van der Waals surface area contributed by atoms with Gasteiger partial charge in [0, 0.05) is 18.9 Å². The molecule has 0 aromatic carbocycles. The lowest BCUT2D eigenvalue weighted by Gasteiger charge is -2.14. The van der Waals surface area contributed by atoms with Gasteiger partial charge in [-0.05, 0) is 13.0 Å². The van der Waals surface area contributed by atoms with Crippen molar-refractivity contribution < 1.29 is 4.79 Å². The Labute approximate surface area is 83.3 Å². The fraction of sp³-hybridized carbons (Fsp3) is 0.556. The van der Waals surface area contributed by atoms with Crippen molar-refractivity contribution >= 4 is 5.91 Å². The molecule has 0 saturated heterocycles. The van der Waals surface area contributed by atoms with Crippen molar-refractivity contribution in [2.75, 3.05) is 6.54 Å². The van der Waals surface area contributed by atoms with E-state index in [1.165, 1.54) is 0 Å². The van der Waals surface area contributed by atoms with Gasteiger partial charge in [0.15, 0.2) is 0 Å². The predicted molar refractivity (Wildman–Crippen MR) is 53.5 cm³/mol. The van der Waals surface area contributed by atoms with Crippen LogP contribution in [0.3, 0.4) is 0 Å². The van der Waals surface area contributed by atoms with Crippen LogP contribution in [-0.2, 0) is 11.3 Å². The maximum atomic E-state index is 11.1. The van der Waals surface area contributed by atoms with E-state index in [4.69, 9.17) is 5.73 Å². The van der Waals surface area contributed by atoms with E-state index in [9.17, 15) is 4.79 Å². The molecule has 0 aliphatic heterocycles. The number of nitrogens with two attached hydrogens (primary N) is 1. The van der Waals surface area contributed by atoms with Crippen LogP contribution in [0.4, 0.5) is 0 Å². The number of imidazole rings is 1. The Balaban J connectivity index is 2.47. The van der Waals surface area contributed by atoms with Crippen LogP contribution < -0.4 is 11.1 Å². The van der Waals surface area contributed by atoms with Crippen molar-refractivity contribution in [1.82, 2.24) is 14.9 Å². The van der Waals surface area contributed by atoms with Crippen LogP contribution in [0.15, 0.2) is 18.7 Å². The first-order chi connectivity index (χ1) is 6.74. The molecule has 1 aromatic rings. The zero-order valence-electron chi connectivity index (χ0n) is 8.31. The van der Waals surface area contributed by atoms with Gasteiger partial charge in [-0.1, -0.05) is 6.92 Å². The molecule has 1 unspecified atom stereocenters. The minimum atomic E-state index is -0.327. The number of rotatable bonds is 6. The number of amides is 1. The summed E-state index contributed by atoms with van der Waals surface area (Å²) >= 11 is 0. The summed E-state index contributed by atoms with van der Waals surface area (Å²) in [5.74, 6) is -0.327. The van der Waals surface area contributed by atoms with E-state index in [0.717, 1.165) is 13.0 Å². The minimum Gasteiger partial charge on any atom is -0.368 e. The highest BCUT2D eigenvalue weighted by molar-refractivity contribution is 5.79. The summed E-state index contributed by atoms with van der Waals surface area (Å²) in [7, 11) is 0. The SMILES string of the molecule is CCCNC(Cn1ccnc1)C(N)=O. The van der Waals surface area contributed by atoms with E-state index >= 15 is 0 Å². The van der Waals surface area contributed by atoms with E-state index in [1.807, 2.05) is 17.7 Å². The normalized spacial score (nSPS) is 12.6. The second-order valence-electron chi connectivity index (χ2n) is 3.17. The number of hydrogen-bond acceptors (Lipinski definition) is 3. The fourth-order valence-corrected chi connectivity index (χ4v) is 1.18. The van der Waals surface area contributed by atoms with Crippen molar-refractivity contribution in [3.63, 3.8) is 0 Å². The van der Waals surface area contributed by atoms with Crippen LogP contribution >= 0.6 is 0 Å². The van der Waals surface area contributed by atoms with Crippen LogP contribution in [0.5, 0.6) is 0 Å². The third kappa shape index (κ3) is 3.18. The highest BCUT2D eigenvalue weighted by Crippen LogP contribution is 1.92. The third-order valence-electron chi connectivity index (χ3n) is 1.94. The van der Waals surface area contributed by atoms with E-state index in [2.05, 4.69) is 10.3 Å². The van der Waals surface area contributed by atoms with E-state index in [1.54, 1.807) is 12.5 Å². The average molecular weight is 196 g/mol. The van der Waals surface area contributed by atoms with E-state index in [0.29, 0.717) is 6.54 Å². The molecule has 3 N–H and O–H groups in total. The van der Waals surface area contributed by atoms with Crippen molar-refractivity contribution in [2.24, 2.45) is 5.73 Å². The summed E-state index contributed by atoms with van der Waals surface area (Å²) in [5.41, 5.74) is 5.26. The van der Waals surface area contributed by atoms with Gasteiger partial charge in [0.05, 0.1) is 6.33 Å². The number of hydrogen-bond donors (Lipinski definition) is 2. The smallest absolute Gasteiger partial charge is 0.236 e. The molecule has 0 radical (unpaired) electrons. The predicted octanol–water partition coefficient (Wildman–Crippen LogP) is -0.263. The lowest BCUT2D eigenvalue weighted by molar-refractivity contribution is -0.120. The molecule has 1 rings (SSSR count). The maximum absolute atomic E-state index is 11.1. The second-order valence-corrected chi connectivity index (χ2v) is 3.17. The molecule has 0 aliphatic carbocycles. The van der Waals surface area contributed by atoms with Crippen molar-refractivity contribution in [3.8, 4) is 0 Å². The van der Waals surface area contributed by atoms with Gasteiger partial charge in [0.25, 0.3) is 0 Å². The summed E-state index contributed by atoms with van der Waals surface area (Å²) in [6.07, 6.45) is 6.14. The lowest BCUT2D eigenvalue weighted by atomic mass is 10.2. The molecule has 0 saturated carbocycles. The summed E-state index contributed by atoms with van der Waals surface area (Å²) in [5, 5.41) is 3.08. The lowest BCUT2D eigenvalue weighted by Crippen LogP contribution is -2.44. The molecule has 1 amide bonds. The van der Waals surface area contributed by atoms with Gasteiger partial charge in [0.1, 0.15) is 6.04 Å². The molecule has 5 heteroatoms. The highest BCUT2D eigenvalue weighted by Gasteiger charge is 2.13. The Morgan fingerprint density at radius 2 is 2.50 bits per heavy atom. The molecular weight excluding hydrogens is 180 g/mol. The summed E-state index contributed by atoms with van der Waals surface area (Å²) in [6, 6.07) is -0.316. The van der Waals surface area contributed by atoms with Crippen LogP contribution in [0.25, 0.3) is 0 Å². The van der Waals surface area contributed by atoms with Gasteiger partial charge >= 0.3 is 0 Å². The Kier molecular flexibility index (Phi) is 4.12.